The normalized spacial score (nSPS) is 21.6. The minimum atomic E-state index is -2.89. The van der Waals surface area contributed by atoms with E-state index in [1.165, 1.54) is 0 Å². The molecule has 1 aliphatic heterocycles. The Labute approximate surface area is 135 Å². The summed E-state index contributed by atoms with van der Waals surface area (Å²) >= 11 is 2.09. The summed E-state index contributed by atoms with van der Waals surface area (Å²) in [5.41, 5.74) is -0.708. The largest absolute Gasteiger partial charge is 0.444 e. The van der Waals surface area contributed by atoms with Crippen molar-refractivity contribution in [3.63, 3.8) is 0 Å². The molecule has 0 bridgehead atoms. The molecule has 2 heterocycles. The Kier molecular flexibility index (Phi) is 4.46. The van der Waals surface area contributed by atoms with Gasteiger partial charge in [-0.1, -0.05) is 0 Å². The maximum Gasteiger partial charge on any atom is 0.410 e. The number of nitrogens with zero attached hydrogens (tertiary/aromatic N) is 3. The quantitative estimate of drug-likeness (QED) is 0.701. The molecule has 0 spiro atoms. The van der Waals surface area contributed by atoms with Crippen LogP contribution in [-0.4, -0.2) is 44.9 Å². The topological polar surface area (TPSA) is 47.4 Å². The lowest BCUT2D eigenvalue weighted by Gasteiger charge is -2.28. The first kappa shape index (κ1) is 16.4. The van der Waals surface area contributed by atoms with Crippen molar-refractivity contribution in [2.45, 2.75) is 51.3 Å². The van der Waals surface area contributed by atoms with Crippen LogP contribution in [0.3, 0.4) is 0 Å². The van der Waals surface area contributed by atoms with Crippen LogP contribution in [0, 0.1) is 3.57 Å². The van der Waals surface area contributed by atoms with Gasteiger partial charge in [0.05, 0.1) is 28.9 Å². The van der Waals surface area contributed by atoms with E-state index in [1.54, 1.807) is 37.8 Å². The van der Waals surface area contributed by atoms with Gasteiger partial charge < -0.3 is 4.74 Å². The van der Waals surface area contributed by atoms with Crippen LogP contribution in [0.2, 0.25) is 0 Å². The minimum Gasteiger partial charge on any atom is -0.444 e. The molecule has 8 heteroatoms. The molecule has 0 saturated carbocycles. The Morgan fingerprint density at radius 3 is 2.76 bits per heavy atom. The average Bonchev–Trinajstić information content (AvgIpc) is 2.80. The number of hydrogen-bond donors (Lipinski definition) is 0. The summed E-state index contributed by atoms with van der Waals surface area (Å²) in [6.45, 7) is 4.76. The van der Waals surface area contributed by atoms with Crippen LogP contribution < -0.4 is 0 Å². The van der Waals surface area contributed by atoms with Crippen molar-refractivity contribution >= 4 is 28.7 Å². The number of likely N-dealkylation sites (tertiary alicyclic amines) is 1. The van der Waals surface area contributed by atoms with Gasteiger partial charge >= 0.3 is 6.09 Å². The molecule has 5 nitrogen and oxygen atoms in total. The highest BCUT2D eigenvalue weighted by Crippen LogP contribution is 2.33. The number of halogens is 3. The summed E-state index contributed by atoms with van der Waals surface area (Å²) in [7, 11) is 0. The number of ether oxygens (including phenoxy) is 1. The molecule has 1 aromatic heterocycles. The highest BCUT2D eigenvalue weighted by molar-refractivity contribution is 14.1. The zero-order chi connectivity index (χ0) is 15.8. The lowest BCUT2D eigenvalue weighted by Crippen LogP contribution is -2.42. The fourth-order valence-electron chi connectivity index (χ4n) is 2.25. The van der Waals surface area contributed by atoms with Crippen LogP contribution >= 0.6 is 22.6 Å². The van der Waals surface area contributed by atoms with Crippen molar-refractivity contribution in [2.24, 2.45) is 0 Å². The van der Waals surface area contributed by atoms with E-state index in [-0.39, 0.29) is 13.0 Å². The van der Waals surface area contributed by atoms with Gasteiger partial charge in [0.25, 0.3) is 5.92 Å². The molecule has 0 aromatic carbocycles. The van der Waals surface area contributed by atoms with Gasteiger partial charge in [0.2, 0.25) is 0 Å². The second kappa shape index (κ2) is 5.69. The van der Waals surface area contributed by atoms with E-state index >= 15 is 0 Å². The zero-order valence-electron chi connectivity index (χ0n) is 12.1. The Hall–Kier alpha value is -0.930. The molecule has 118 valence electrons. The Balaban J connectivity index is 2.11. The second-order valence-electron chi connectivity index (χ2n) is 6.20. The number of aromatic nitrogens is 2. The van der Waals surface area contributed by atoms with Gasteiger partial charge in [-0.2, -0.15) is 5.10 Å². The van der Waals surface area contributed by atoms with Crippen LogP contribution in [0.5, 0.6) is 0 Å². The third kappa shape index (κ3) is 4.52. The molecular weight excluding hydrogens is 395 g/mol. The first-order valence-corrected chi connectivity index (χ1v) is 7.69. The van der Waals surface area contributed by atoms with Crippen molar-refractivity contribution < 1.29 is 18.3 Å². The molecule has 0 radical (unpaired) electrons. The molecule has 0 N–H and O–H groups in total. The number of amides is 1. The summed E-state index contributed by atoms with van der Waals surface area (Å²) in [4.78, 5) is 13.2. The number of carbonyl (C=O) groups excluding carboxylic acids is 1. The Bertz CT molecular complexity index is 528. The van der Waals surface area contributed by atoms with E-state index in [4.69, 9.17) is 4.74 Å². The molecule has 1 aromatic rings. The van der Waals surface area contributed by atoms with E-state index in [1.807, 2.05) is 0 Å². The molecule has 1 atom stereocenters. The number of rotatable bonds is 2. The van der Waals surface area contributed by atoms with Gasteiger partial charge in [-0.25, -0.2) is 13.6 Å². The molecule has 1 aliphatic rings. The fraction of sp³-hybridized carbons (Fsp3) is 0.692. The van der Waals surface area contributed by atoms with E-state index in [0.29, 0.717) is 0 Å². The van der Waals surface area contributed by atoms with Crippen LogP contribution in [0.25, 0.3) is 0 Å². The van der Waals surface area contributed by atoms with Crippen molar-refractivity contribution in [3.05, 3.63) is 16.0 Å². The van der Waals surface area contributed by atoms with E-state index < -0.39 is 30.2 Å². The smallest absolute Gasteiger partial charge is 0.410 e. The van der Waals surface area contributed by atoms with Crippen molar-refractivity contribution in [1.82, 2.24) is 14.7 Å². The van der Waals surface area contributed by atoms with E-state index in [0.717, 1.165) is 8.47 Å². The summed E-state index contributed by atoms with van der Waals surface area (Å²) in [6.07, 6.45) is 2.32. The standard InChI is InChI=1S/C13H18F2IN3O2/c1-12(2,3)21-11(20)19-8-13(14,15)4-10(19)7-18-6-9(16)5-17-18/h5-6,10H,4,7-8H2,1-3H3/t10-/m0/s1. The van der Waals surface area contributed by atoms with Gasteiger partial charge in [0.1, 0.15) is 5.60 Å². The Morgan fingerprint density at radius 2 is 2.24 bits per heavy atom. The lowest BCUT2D eigenvalue weighted by molar-refractivity contribution is -0.00254. The monoisotopic (exact) mass is 413 g/mol. The summed E-state index contributed by atoms with van der Waals surface area (Å²) in [5.74, 6) is -2.89. The predicted molar refractivity (Wildman–Crippen MR) is 81.2 cm³/mol. The van der Waals surface area contributed by atoms with Gasteiger partial charge in [0, 0.05) is 12.6 Å². The molecule has 0 aliphatic carbocycles. The predicted octanol–water partition coefficient (Wildman–Crippen LogP) is 3.13. The summed E-state index contributed by atoms with van der Waals surface area (Å²) < 4.78 is 35.0. The van der Waals surface area contributed by atoms with Crippen LogP contribution in [0.15, 0.2) is 12.4 Å². The highest BCUT2D eigenvalue weighted by Gasteiger charge is 2.48. The first-order valence-electron chi connectivity index (χ1n) is 6.61. The number of carbonyl (C=O) groups is 1. The second-order valence-corrected chi connectivity index (χ2v) is 7.45. The van der Waals surface area contributed by atoms with Crippen molar-refractivity contribution in [1.29, 1.82) is 0 Å². The van der Waals surface area contributed by atoms with Crippen molar-refractivity contribution in [3.8, 4) is 0 Å². The Morgan fingerprint density at radius 1 is 1.57 bits per heavy atom. The van der Waals surface area contributed by atoms with Crippen LogP contribution in [-0.2, 0) is 11.3 Å². The van der Waals surface area contributed by atoms with Crippen molar-refractivity contribution in [2.75, 3.05) is 6.54 Å². The summed E-state index contributed by atoms with van der Waals surface area (Å²) in [6, 6.07) is -0.620. The number of alkyl halides is 2. The van der Waals surface area contributed by atoms with E-state index in [9.17, 15) is 13.6 Å². The third-order valence-electron chi connectivity index (χ3n) is 3.00. The van der Waals surface area contributed by atoms with Gasteiger partial charge in [-0.3, -0.25) is 9.58 Å². The van der Waals surface area contributed by atoms with E-state index in [2.05, 4.69) is 27.7 Å². The average molecular weight is 413 g/mol. The van der Waals surface area contributed by atoms with Gasteiger partial charge in [-0.15, -0.1) is 0 Å². The molecular formula is C13H18F2IN3O2. The first-order chi connectivity index (χ1) is 9.56. The SMILES string of the molecule is CC(C)(C)OC(=O)N1CC(F)(F)C[C@H]1Cn1cc(I)cn1. The van der Waals surface area contributed by atoms with Crippen LogP contribution in [0.4, 0.5) is 13.6 Å². The molecule has 0 unspecified atom stereocenters. The molecule has 21 heavy (non-hydrogen) atoms. The number of hydrogen-bond acceptors (Lipinski definition) is 3. The maximum atomic E-state index is 13.7. The van der Waals surface area contributed by atoms with Gasteiger partial charge in [-0.05, 0) is 43.4 Å². The molecule has 1 saturated heterocycles. The van der Waals surface area contributed by atoms with Crippen LogP contribution in [0.1, 0.15) is 27.2 Å². The minimum absolute atomic E-state index is 0.234. The molecule has 1 amide bonds. The fourth-order valence-corrected chi connectivity index (χ4v) is 2.70. The lowest BCUT2D eigenvalue weighted by atomic mass is 10.2. The third-order valence-corrected chi connectivity index (χ3v) is 3.56. The highest BCUT2D eigenvalue weighted by atomic mass is 127. The molecule has 2 rings (SSSR count). The zero-order valence-corrected chi connectivity index (χ0v) is 14.3. The van der Waals surface area contributed by atoms with Gasteiger partial charge in [0.15, 0.2) is 0 Å². The maximum absolute atomic E-state index is 13.7. The molecule has 1 fully saturated rings. The summed E-state index contributed by atoms with van der Waals surface area (Å²) in [5, 5.41) is 4.08.